The van der Waals surface area contributed by atoms with E-state index in [0.29, 0.717) is 5.82 Å². The molecular formula is C18H11BrN6O2S. The van der Waals surface area contributed by atoms with Crippen LogP contribution in [0.25, 0.3) is 10.9 Å². The zero-order valence-electron chi connectivity index (χ0n) is 14.1. The first-order valence-corrected chi connectivity index (χ1v) is 9.62. The SMILES string of the molecule is O=[N+]([O-])c1c(Nc2ccc(Br)cn2)ncnc1Sc1cccc2cccnc12. The molecule has 3 aromatic heterocycles. The van der Waals surface area contributed by atoms with Crippen molar-refractivity contribution in [2.45, 2.75) is 9.92 Å². The number of fused-ring (bicyclic) bond motifs is 1. The van der Waals surface area contributed by atoms with E-state index in [1.165, 1.54) is 18.1 Å². The molecule has 0 aliphatic carbocycles. The third-order valence-electron chi connectivity index (χ3n) is 3.75. The van der Waals surface area contributed by atoms with Crippen molar-refractivity contribution in [3.05, 3.63) is 75.8 Å². The summed E-state index contributed by atoms with van der Waals surface area (Å²) >= 11 is 4.48. The quantitative estimate of drug-likeness (QED) is 0.255. The standard InChI is InChI=1S/C18H11BrN6O2S/c19-12-6-7-14(21-9-12)24-17-16(25(26)27)18(23-10-22-17)28-13-5-1-3-11-4-2-8-20-15(11)13/h1-10H,(H,21,22,23,24). The molecule has 4 aromatic rings. The van der Waals surface area contributed by atoms with Crippen molar-refractivity contribution in [1.29, 1.82) is 0 Å². The molecule has 1 aromatic carbocycles. The average Bonchev–Trinajstić information content (AvgIpc) is 2.70. The van der Waals surface area contributed by atoms with Crippen LogP contribution in [-0.4, -0.2) is 24.9 Å². The maximum atomic E-state index is 11.8. The van der Waals surface area contributed by atoms with Crippen LogP contribution < -0.4 is 5.32 Å². The van der Waals surface area contributed by atoms with E-state index in [4.69, 9.17) is 0 Å². The number of anilines is 2. The van der Waals surface area contributed by atoms with Crippen LogP contribution >= 0.6 is 27.7 Å². The first-order valence-electron chi connectivity index (χ1n) is 8.01. The fraction of sp³-hybridized carbons (Fsp3) is 0. The Labute approximate surface area is 171 Å². The van der Waals surface area contributed by atoms with E-state index in [0.717, 1.165) is 20.3 Å². The summed E-state index contributed by atoms with van der Waals surface area (Å²) in [5.74, 6) is 0.512. The molecule has 28 heavy (non-hydrogen) atoms. The molecule has 1 N–H and O–H groups in total. The fourth-order valence-corrected chi connectivity index (χ4v) is 3.75. The molecule has 3 heterocycles. The van der Waals surface area contributed by atoms with E-state index < -0.39 is 4.92 Å². The van der Waals surface area contributed by atoms with Gasteiger partial charge in [-0.15, -0.1) is 0 Å². The van der Waals surface area contributed by atoms with Crippen LogP contribution in [0.4, 0.5) is 17.3 Å². The van der Waals surface area contributed by atoms with Crippen LogP contribution in [0.2, 0.25) is 0 Å². The maximum Gasteiger partial charge on any atom is 0.344 e. The van der Waals surface area contributed by atoms with E-state index >= 15 is 0 Å². The number of halogens is 1. The van der Waals surface area contributed by atoms with Gasteiger partial charge in [0, 0.05) is 27.1 Å². The van der Waals surface area contributed by atoms with E-state index in [1.807, 2.05) is 30.3 Å². The number of aromatic nitrogens is 4. The molecule has 0 unspecified atom stereocenters. The van der Waals surface area contributed by atoms with Gasteiger partial charge in [-0.05, 0) is 40.2 Å². The Kier molecular flexibility index (Phi) is 5.13. The number of nitrogens with zero attached hydrogens (tertiary/aromatic N) is 5. The number of hydrogen-bond acceptors (Lipinski definition) is 8. The average molecular weight is 455 g/mol. The fourth-order valence-electron chi connectivity index (χ4n) is 2.53. The van der Waals surface area contributed by atoms with E-state index in [2.05, 4.69) is 41.2 Å². The molecule has 0 spiro atoms. The smallest absolute Gasteiger partial charge is 0.319 e. The number of para-hydroxylation sites is 1. The normalized spacial score (nSPS) is 10.8. The number of hydrogen-bond donors (Lipinski definition) is 1. The van der Waals surface area contributed by atoms with Gasteiger partial charge < -0.3 is 5.32 Å². The minimum Gasteiger partial charge on any atom is -0.319 e. The molecule has 138 valence electrons. The van der Waals surface area contributed by atoms with Crippen molar-refractivity contribution < 1.29 is 4.92 Å². The first kappa shape index (κ1) is 18.3. The Morgan fingerprint density at radius 3 is 2.68 bits per heavy atom. The summed E-state index contributed by atoms with van der Waals surface area (Å²) < 4.78 is 0.801. The zero-order chi connectivity index (χ0) is 19.5. The third-order valence-corrected chi connectivity index (χ3v) is 5.26. The molecule has 0 amide bonds. The second-order valence-corrected chi connectivity index (χ2v) is 7.50. The van der Waals surface area contributed by atoms with Gasteiger partial charge in [-0.2, -0.15) is 0 Å². The topological polar surface area (TPSA) is 107 Å². The lowest BCUT2D eigenvalue weighted by Crippen LogP contribution is -2.03. The Hall–Kier alpha value is -3.11. The van der Waals surface area contributed by atoms with Crippen LogP contribution in [0, 0.1) is 10.1 Å². The lowest BCUT2D eigenvalue weighted by atomic mass is 10.2. The van der Waals surface area contributed by atoms with Gasteiger partial charge in [0.15, 0.2) is 5.03 Å². The van der Waals surface area contributed by atoms with Gasteiger partial charge in [0.05, 0.1) is 10.4 Å². The molecule has 0 fully saturated rings. The Bertz CT molecular complexity index is 1170. The molecule has 0 saturated carbocycles. The number of nitro groups is 1. The van der Waals surface area contributed by atoms with Gasteiger partial charge in [-0.3, -0.25) is 15.1 Å². The highest BCUT2D eigenvalue weighted by Crippen LogP contribution is 2.39. The van der Waals surface area contributed by atoms with Crippen molar-refractivity contribution in [1.82, 2.24) is 19.9 Å². The molecule has 10 heteroatoms. The van der Waals surface area contributed by atoms with E-state index in [9.17, 15) is 10.1 Å². The van der Waals surface area contributed by atoms with Gasteiger partial charge in [-0.1, -0.05) is 30.0 Å². The molecule has 4 rings (SSSR count). The van der Waals surface area contributed by atoms with Crippen LogP contribution in [0.3, 0.4) is 0 Å². The second-order valence-electron chi connectivity index (χ2n) is 5.55. The summed E-state index contributed by atoms with van der Waals surface area (Å²) in [7, 11) is 0. The summed E-state index contributed by atoms with van der Waals surface area (Å²) in [5.41, 5.74) is 0.539. The summed E-state index contributed by atoms with van der Waals surface area (Å²) in [5, 5.41) is 15.8. The number of rotatable bonds is 5. The van der Waals surface area contributed by atoms with Gasteiger partial charge in [0.25, 0.3) is 0 Å². The lowest BCUT2D eigenvalue weighted by molar-refractivity contribution is -0.387. The highest BCUT2D eigenvalue weighted by atomic mass is 79.9. The largest absolute Gasteiger partial charge is 0.344 e. The van der Waals surface area contributed by atoms with Crippen molar-refractivity contribution in [2.24, 2.45) is 0 Å². The Morgan fingerprint density at radius 1 is 1.04 bits per heavy atom. The molecule has 8 nitrogen and oxygen atoms in total. The lowest BCUT2D eigenvalue weighted by Gasteiger charge is -2.09. The predicted molar refractivity (Wildman–Crippen MR) is 110 cm³/mol. The van der Waals surface area contributed by atoms with Gasteiger partial charge >= 0.3 is 5.69 Å². The molecule has 0 aliphatic rings. The highest BCUT2D eigenvalue weighted by Gasteiger charge is 2.24. The first-order chi connectivity index (χ1) is 13.6. The summed E-state index contributed by atoms with van der Waals surface area (Å²) in [4.78, 5) is 28.8. The monoisotopic (exact) mass is 454 g/mol. The minimum atomic E-state index is -0.498. The van der Waals surface area contributed by atoms with Crippen LogP contribution in [-0.2, 0) is 0 Å². The number of nitrogens with one attached hydrogen (secondary N) is 1. The zero-order valence-corrected chi connectivity index (χ0v) is 16.5. The highest BCUT2D eigenvalue weighted by molar-refractivity contribution is 9.10. The third kappa shape index (κ3) is 3.78. The van der Waals surface area contributed by atoms with Gasteiger partial charge in [0.2, 0.25) is 5.82 Å². The van der Waals surface area contributed by atoms with Crippen LogP contribution in [0.1, 0.15) is 0 Å². The van der Waals surface area contributed by atoms with Crippen molar-refractivity contribution in [3.8, 4) is 0 Å². The summed E-state index contributed by atoms with van der Waals surface area (Å²) in [6.07, 6.45) is 4.56. The van der Waals surface area contributed by atoms with Crippen LogP contribution in [0.5, 0.6) is 0 Å². The molecule has 0 atom stereocenters. The van der Waals surface area contributed by atoms with Crippen molar-refractivity contribution >= 4 is 55.9 Å². The number of pyridine rings is 2. The predicted octanol–water partition coefficient (Wildman–Crippen LogP) is 4.99. The summed E-state index contributed by atoms with van der Waals surface area (Å²) in [6.45, 7) is 0. The van der Waals surface area contributed by atoms with E-state index in [1.54, 1.807) is 24.5 Å². The van der Waals surface area contributed by atoms with Crippen LogP contribution in [0.15, 0.2) is 75.6 Å². The Balaban J connectivity index is 1.74. The molecule has 0 radical (unpaired) electrons. The van der Waals surface area contributed by atoms with Crippen molar-refractivity contribution in [3.63, 3.8) is 0 Å². The number of benzene rings is 1. The van der Waals surface area contributed by atoms with E-state index in [-0.39, 0.29) is 16.5 Å². The molecule has 0 aliphatic heterocycles. The molecule has 0 saturated heterocycles. The second kappa shape index (κ2) is 7.87. The maximum absolute atomic E-state index is 11.8. The molecular weight excluding hydrogens is 444 g/mol. The summed E-state index contributed by atoms with van der Waals surface area (Å²) in [6, 6.07) is 12.9. The minimum absolute atomic E-state index is 0.0746. The van der Waals surface area contributed by atoms with Gasteiger partial charge in [-0.25, -0.2) is 15.0 Å². The van der Waals surface area contributed by atoms with Crippen molar-refractivity contribution in [2.75, 3.05) is 5.32 Å². The Morgan fingerprint density at radius 2 is 1.89 bits per heavy atom. The molecule has 0 bridgehead atoms. The van der Waals surface area contributed by atoms with Gasteiger partial charge in [0.1, 0.15) is 12.1 Å².